The third kappa shape index (κ3) is 0.738. The second-order valence-corrected chi connectivity index (χ2v) is 2.34. The molecule has 0 saturated carbocycles. The summed E-state index contributed by atoms with van der Waals surface area (Å²) in [5.41, 5.74) is 0. The molecule has 1 nitrogen and oxygen atoms in total. The molecule has 1 aliphatic rings. The number of epoxide rings is 1. The number of ether oxygens (including phenoxy) is 1. The van der Waals surface area contributed by atoms with Gasteiger partial charge in [-0.3, -0.25) is 0 Å². The quantitative estimate of drug-likeness (QED) is 0.408. The standard InChI is InChI=1S/C4H7BrO/c1-2-3-4(5)6-3/h3-4H,2H2,1H3/t3?,4-/m0/s1. The lowest BCUT2D eigenvalue weighted by Crippen LogP contribution is -1.78. The predicted octanol–water partition coefficient (Wildman–Crippen LogP) is 1.52. The van der Waals surface area contributed by atoms with Crippen LogP contribution in [0.25, 0.3) is 0 Å². The molecule has 0 aromatic carbocycles. The number of hydrogen-bond acceptors (Lipinski definition) is 1. The molecule has 6 heavy (non-hydrogen) atoms. The fourth-order valence-electron chi connectivity index (χ4n) is 0.403. The Morgan fingerprint density at radius 1 is 1.83 bits per heavy atom. The minimum atomic E-state index is 0.377. The molecule has 1 fully saturated rings. The van der Waals surface area contributed by atoms with Gasteiger partial charge >= 0.3 is 0 Å². The monoisotopic (exact) mass is 150 g/mol. The van der Waals surface area contributed by atoms with Crippen molar-refractivity contribution in [2.24, 2.45) is 0 Å². The van der Waals surface area contributed by atoms with Crippen LogP contribution in [0.4, 0.5) is 0 Å². The van der Waals surface area contributed by atoms with E-state index in [1.165, 1.54) is 0 Å². The van der Waals surface area contributed by atoms with Crippen molar-refractivity contribution < 1.29 is 4.74 Å². The lowest BCUT2D eigenvalue weighted by atomic mass is 10.4. The van der Waals surface area contributed by atoms with Crippen LogP contribution in [0.1, 0.15) is 13.3 Å². The first-order valence-corrected chi connectivity index (χ1v) is 3.05. The normalized spacial score (nSPS) is 43.0. The molecule has 1 saturated heterocycles. The molecule has 2 atom stereocenters. The third-order valence-corrected chi connectivity index (χ3v) is 1.73. The largest absolute Gasteiger partial charge is 0.357 e. The smallest absolute Gasteiger partial charge is 0.139 e. The maximum Gasteiger partial charge on any atom is 0.139 e. The molecule has 0 amide bonds. The van der Waals surface area contributed by atoms with E-state index in [0.29, 0.717) is 11.1 Å². The zero-order valence-electron chi connectivity index (χ0n) is 3.65. The average molecular weight is 151 g/mol. The van der Waals surface area contributed by atoms with Gasteiger partial charge in [0.25, 0.3) is 0 Å². The summed E-state index contributed by atoms with van der Waals surface area (Å²) < 4.78 is 4.98. The molecule has 0 aromatic rings. The molecule has 36 valence electrons. The van der Waals surface area contributed by atoms with Gasteiger partial charge in [-0.1, -0.05) is 22.9 Å². The zero-order valence-corrected chi connectivity index (χ0v) is 5.23. The highest BCUT2D eigenvalue weighted by Gasteiger charge is 2.33. The van der Waals surface area contributed by atoms with Crippen LogP contribution >= 0.6 is 15.9 Å². The second kappa shape index (κ2) is 1.51. The maximum absolute atomic E-state index is 4.98. The van der Waals surface area contributed by atoms with Gasteiger partial charge in [-0.25, -0.2) is 0 Å². The Kier molecular flexibility index (Phi) is 1.15. The summed E-state index contributed by atoms with van der Waals surface area (Å²) >= 11 is 3.29. The third-order valence-electron chi connectivity index (χ3n) is 0.923. The molecule has 0 aromatic heterocycles. The molecule has 2 heteroatoms. The van der Waals surface area contributed by atoms with Gasteiger partial charge < -0.3 is 4.74 Å². The minimum Gasteiger partial charge on any atom is -0.357 e. The van der Waals surface area contributed by atoms with Crippen LogP contribution in [0.5, 0.6) is 0 Å². The van der Waals surface area contributed by atoms with E-state index in [1.807, 2.05) is 0 Å². The highest BCUT2D eigenvalue weighted by Crippen LogP contribution is 2.29. The van der Waals surface area contributed by atoms with Crippen molar-refractivity contribution in [1.82, 2.24) is 0 Å². The van der Waals surface area contributed by atoms with Gasteiger partial charge in [-0.05, 0) is 6.42 Å². The molecule has 1 rings (SSSR count). The summed E-state index contributed by atoms with van der Waals surface area (Å²) in [6.07, 6.45) is 1.65. The minimum absolute atomic E-state index is 0.377. The van der Waals surface area contributed by atoms with E-state index in [-0.39, 0.29) is 0 Å². The Morgan fingerprint density at radius 3 is 2.33 bits per heavy atom. The number of rotatable bonds is 1. The van der Waals surface area contributed by atoms with Gasteiger partial charge in [0.15, 0.2) is 0 Å². The summed E-state index contributed by atoms with van der Waals surface area (Å²) in [6.45, 7) is 2.12. The van der Waals surface area contributed by atoms with Crippen LogP contribution in [0.2, 0.25) is 0 Å². The van der Waals surface area contributed by atoms with Crippen molar-refractivity contribution >= 4 is 15.9 Å². The molecule has 1 aliphatic heterocycles. The fraction of sp³-hybridized carbons (Fsp3) is 1.00. The highest BCUT2D eigenvalue weighted by atomic mass is 79.9. The predicted molar refractivity (Wildman–Crippen MR) is 27.9 cm³/mol. The van der Waals surface area contributed by atoms with E-state index in [4.69, 9.17) is 4.74 Å². The van der Waals surface area contributed by atoms with E-state index >= 15 is 0 Å². The first kappa shape index (κ1) is 4.60. The van der Waals surface area contributed by atoms with E-state index in [1.54, 1.807) is 0 Å². The summed E-state index contributed by atoms with van der Waals surface area (Å²) in [7, 11) is 0. The van der Waals surface area contributed by atoms with Gasteiger partial charge in [0.05, 0.1) is 6.10 Å². The molecule has 1 unspecified atom stereocenters. The lowest BCUT2D eigenvalue weighted by molar-refractivity contribution is 0.397. The Morgan fingerprint density at radius 2 is 2.33 bits per heavy atom. The topological polar surface area (TPSA) is 12.5 Å². The molecule has 1 heterocycles. The molecular formula is C4H7BrO. The van der Waals surface area contributed by atoms with Gasteiger partial charge in [0, 0.05) is 0 Å². The second-order valence-electron chi connectivity index (χ2n) is 1.43. The van der Waals surface area contributed by atoms with Crippen LogP contribution in [-0.2, 0) is 4.74 Å². The molecule has 0 spiro atoms. The van der Waals surface area contributed by atoms with E-state index < -0.39 is 0 Å². The van der Waals surface area contributed by atoms with Crippen LogP contribution in [-0.4, -0.2) is 11.1 Å². The molecular weight excluding hydrogens is 144 g/mol. The van der Waals surface area contributed by atoms with Crippen molar-refractivity contribution in [2.45, 2.75) is 24.5 Å². The van der Waals surface area contributed by atoms with Crippen LogP contribution < -0.4 is 0 Å². The van der Waals surface area contributed by atoms with Crippen molar-refractivity contribution in [2.75, 3.05) is 0 Å². The van der Waals surface area contributed by atoms with Gasteiger partial charge in [0.2, 0.25) is 0 Å². The van der Waals surface area contributed by atoms with Crippen LogP contribution in [0.15, 0.2) is 0 Å². The van der Waals surface area contributed by atoms with Crippen molar-refractivity contribution in [3.63, 3.8) is 0 Å². The van der Waals surface area contributed by atoms with E-state index in [9.17, 15) is 0 Å². The SMILES string of the molecule is CCC1O[C@@H]1Br. The average Bonchev–Trinajstić information content (AvgIpc) is 2.19. The van der Waals surface area contributed by atoms with Gasteiger partial charge in [-0.15, -0.1) is 0 Å². The van der Waals surface area contributed by atoms with Crippen LogP contribution in [0.3, 0.4) is 0 Å². The number of halogens is 1. The summed E-state index contributed by atoms with van der Waals surface area (Å²) in [5.74, 6) is 0. The summed E-state index contributed by atoms with van der Waals surface area (Å²) in [5, 5.41) is 0.377. The van der Waals surface area contributed by atoms with Crippen molar-refractivity contribution in [3.8, 4) is 0 Å². The fourth-order valence-corrected chi connectivity index (χ4v) is 1.05. The molecule has 0 N–H and O–H groups in total. The number of alkyl halides is 1. The first-order chi connectivity index (χ1) is 2.84. The first-order valence-electron chi connectivity index (χ1n) is 2.14. The van der Waals surface area contributed by atoms with Crippen LogP contribution in [0, 0.1) is 0 Å². The van der Waals surface area contributed by atoms with Crippen molar-refractivity contribution in [3.05, 3.63) is 0 Å². The Labute approximate surface area is 45.8 Å². The highest BCUT2D eigenvalue weighted by molar-refractivity contribution is 9.09. The zero-order chi connectivity index (χ0) is 4.57. The van der Waals surface area contributed by atoms with Gasteiger partial charge in [0.1, 0.15) is 5.01 Å². The Balaban J connectivity index is 2.09. The Bertz CT molecular complexity index is 53.5. The van der Waals surface area contributed by atoms with Gasteiger partial charge in [-0.2, -0.15) is 0 Å². The maximum atomic E-state index is 4.98. The molecule has 0 bridgehead atoms. The molecule has 0 radical (unpaired) electrons. The Hall–Kier alpha value is 0.440. The summed E-state index contributed by atoms with van der Waals surface area (Å²) in [4.78, 5) is 0. The van der Waals surface area contributed by atoms with E-state index in [0.717, 1.165) is 6.42 Å². The summed E-state index contributed by atoms with van der Waals surface area (Å²) in [6, 6.07) is 0. The van der Waals surface area contributed by atoms with Crippen molar-refractivity contribution in [1.29, 1.82) is 0 Å². The molecule has 0 aliphatic carbocycles. The van der Waals surface area contributed by atoms with E-state index in [2.05, 4.69) is 22.9 Å². The number of hydrogen-bond donors (Lipinski definition) is 0. The lowest BCUT2D eigenvalue weighted by Gasteiger charge is -1.71.